The summed E-state index contributed by atoms with van der Waals surface area (Å²) in [5.74, 6) is -0.757. The first kappa shape index (κ1) is 15.8. The van der Waals surface area contributed by atoms with E-state index in [2.05, 4.69) is 15.4 Å². The van der Waals surface area contributed by atoms with Gasteiger partial charge in [-0.3, -0.25) is 9.59 Å². The quantitative estimate of drug-likeness (QED) is 0.857. The van der Waals surface area contributed by atoms with Crippen LogP contribution in [-0.2, 0) is 20.9 Å². The number of rotatable bonds is 4. The van der Waals surface area contributed by atoms with Crippen molar-refractivity contribution in [3.05, 3.63) is 42.5 Å². The largest absolute Gasteiger partial charge is 0.458 e. The average Bonchev–Trinajstić information content (AvgIpc) is 3.35. The monoisotopic (exact) mass is 340 g/mol. The number of hydrogen-bond donors (Lipinski definition) is 1. The van der Waals surface area contributed by atoms with E-state index in [0.29, 0.717) is 6.54 Å². The molecule has 1 saturated heterocycles. The summed E-state index contributed by atoms with van der Waals surface area (Å²) in [6, 6.07) is 7.71. The second-order valence-corrected chi connectivity index (χ2v) is 6.69. The average molecular weight is 340 g/mol. The third kappa shape index (κ3) is 2.90. The van der Waals surface area contributed by atoms with Gasteiger partial charge in [-0.25, -0.2) is 9.67 Å². The Morgan fingerprint density at radius 1 is 1.32 bits per heavy atom. The maximum absolute atomic E-state index is 12.7. The van der Waals surface area contributed by atoms with Gasteiger partial charge >= 0.3 is 5.97 Å². The molecule has 1 atom stereocenters. The first-order valence-corrected chi connectivity index (χ1v) is 8.60. The Labute approximate surface area is 145 Å². The van der Waals surface area contributed by atoms with Crippen molar-refractivity contribution in [1.82, 2.24) is 20.1 Å². The number of nitrogens with one attached hydrogen (secondary N) is 1. The highest BCUT2D eigenvalue weighted by molar-refractivity contribution is 5.88. The third-order valence-electron chi connectivity index (χ3n) is 5.20. The van der Waals surface area contributed by atoms with Crippen LogP contribution in [0.25, 0.3) is 5.69 Å². The van der Waals surface area contributed by atoms with Gasteiger partial charge in [0.05, 0.1) is 18.0 Å². The fraction of sp³-hybridized carbons (Fsp3) is 0.444. The van der Waals surface area contributed by atoms with Gasteiger partial charge in [0.2, 0.25) is 5.91 Å². The van der Waals surface area contributed by atoms with Gasteiger partial charge in [0.15, 0.2) is 0 Å². The fourth-order valence-electron chi connectivity index (χ4n) is 3.97. The first-order chi connectivity index (χ1) is 12.2. The van der Waals surface area contributed by atoms with E-state index in [0.717, 1.165) is 36.9 Å². The van der Waals surface area contributed by atoms with Crippen molar-refractivity contribution in [1.29, 1.82) is 0 Å². The predicted molar refractivity (Wildman–Crippen MR) is 88.6 cm³/mol. The van der Waals surface area contributed by atoms with Crippen molar-refractivity contribution >= 4 is 11.9 Å². The van der Waals surface area contributed by atoms with Gasteiger partial charge in [-0.1, -0.05) is 18.2 Å². The second-order valence-electron chi connectivity index (χ2n) is 6.69. The Bertz CT molecular complexity index is 781. The van der Waals surface area contributed by atoms with E-state index >= 15 is 0 Å². The van der Waals surface area contributed by atoms with Crippen LogP contribution in [0.15, 0.2) is 36.9 Å². The van der Waals surface area contributed by atoms with E-state index < -0.39 is 5.60 Å². The molecule has 0 radical (unpaired) electrons. The minimum atomic E-state index is -0.577. The minimum absolute atomic E-state index is 0.110. The lowest BCUT2D eigenvalue weighted by Crippen LogP contribution is -2.42. The van der Waals surface area contributed by atoms with E-state index in [1.165, 1.54) is 6.33 Å². The van der Waals surface area contributed by atoms with Crippen LogP contribution in [-0.4, -0.2) is 32.2 Å². The lowest BCUT2D eigenvalue weighted by Gasteiger charge is -2.28. The molecule has 2 heterocycles. The number of nitrogens with zero attached hydrogens (tertiary/aromatic N) is 3. The number of amides is 1. The van der Waals surface area contributed by atoms with Crippen LogP contribution >= 0.6 is 0 Å². The molecule has 2 fully saturated rings. The van der Waals surface area contributed by atoms with E-state index in [1.807, 2.05) is 24.3 Å². The molecule has 1 unspecified atom stereocenters. The molecular weight excluding hydrogens is 320 g/mol. The van der Waals surface area contributed by atoms with Crippen LogP contribution < -0.4 is 5.32 Å². The number of esters is 1. The van der Waals surface area contributed by atoms with Crippen molar-refractivity contribution in [3.63, 3.8) is 0 Å². The van der Waals surface area contributed by atoms with Gasteiger partial charge in [-0.05, 0) is 37.3 Å². The number of ether oxygens (including phenoxy) is 1. The molecule has 1 aliphatic carbocycles. The van der Waals surface area contributed by atoms with E-state index in [1.54, 1.807) is 11.0 Å². The van der Waals surface area contributed by atoms with Crippen molar-refractivity contribution in [2.75, 3.05) is 0 Å². The van der Waals surface area contributed by atoms with Crippen molar-refractivity contribution in [2.24, 2.45) is 5.92 Å². The third-order valence-corrected chi connectivity index (χ3v) is 5.20. The molecule has 7 heteroatoms. The van der Waals surface area contributed by atoms with E-state index in [-0.39, 0.29) is 24.2 Å². The fourth-order valence-corrected chi connectivity index (χ4v) is 3.97. The van der Waals surface area contributed by atoms with Crippen LogP contribution in [0.3, 0.4) is 0 Å². The van der Waals surface area contributed by atoms with Crippen molar-refractivity contribution in [3.8, 4) is 5.69 Å². The summed E-state index contributed by atoms with van der Waals surface area (Å²) in [5.41, 5.74) is 1.23. The topological polar surface area (TPSA) is 86.1 Å². The highest BCUT2D eigenvalue weighted by atomic mass is 16.6. The van der Waals surface area contributed by atoms with E-state index in [4.69, 9.17) is 4.74 Å². The predicted octanol–water partition coefficient (Wildman–Crippen LogP) is 1.76. The molecule has 1 aliphatic heterocycles. The number of aromatic nitrogens is 3. The molecule has 1 amide bonds. The Kier molecular flexibility index (Phi) is 3.99. The SMILES string of the molecule is O=C1CC(C(=O)NCc2ccccc2-n2cncn2)C2(CCCC2)O1. The zero-order chi connectivity index (χ0) is 17.3. The molecule has 2 aliphatic rings. The Hall–Kier alpha value is -2.70. The summed E-state index contributed by atoms with van der Waals surface area (Å²) in [4.78, 5) is 28.5. The maximum atomic E-state index is 12.7. The summed E-state index contributed by atoms with van der Waals surface area (Å²) in [7, 11) is 0. The summed E-state index contributed by atoms with van der Waals surface area (Å²) in [6.45, 7) is 0.371. The van der Waals surface area contributed by atoms with Crippen LogP contribution in [0.4, 0.5) is 0 Å². The number of benzene rings is 1. The van der Waals surface area contributed by atoms with E-state index in [9.17, 15) is 9.59 Å². The highest BCUT2D eigenvalue weighted by Gasteiger charge is 2.53. The van der Waals surface area contributed by atoms with Gasteiger partial charge in [0.25, 0.3) is 0 Å². The van der Waals surface area contributed by atoms with Crippen LogP contribution in [0.1, 0.15) is 37.7 Å². The standard InChI is InChI=1S/C18H20N4O3/c23-16-9-14(18(25-16)7-3-4-8-18)17(24)20-10-13-5-1-2-6-15(13)22-12-19-11-21-22/h1-2,5-6,11-12,14H,3-4,7-10H2,(H,20,24). The van der Waals surface area contributed by atoms with Crippen molar-refractivity contribution in [2.45, 2.75) is 44.2 Å². The van der Waals surface area contributed by atoms with Crippen LogP contribution in [0, 0.1) is 5.92 Å². The molecule has 4 rings (SSSR count). The van der Waals surface area contributed by atoms with Gasteiger partial charge in [-0.15, -0.1) is 0 Å². The molecular formula is C18H20N4O3. The molecule has 0 bridgehead atoms. The number of carbonyl (C=O) groups is 2. The van der Waals surface area contributed by atoms with Crippen LogP contribution in [0.5, 0.6) is 0 Å². The molecule has 1 saturated carbocycles. The molecule has 2 aromatic rings. The van der Waals surface area contributed by atoms with Crippen molar-refractivity contribution < 1.29 is 14.3 Å². The molecule has 130 valence electrons. The lowest BCUT2D eigenvalue weighted by molar-refractivity contribution is -0.149. The Morgan fingerprint density at radius 2 is 2.12 bits per heavy atom. The van der Waals surface area contributed by atoms with Gasteiger partial charge in [-0.2, -0.15) is 5.10 Å². The number of para-hydroxylation sites is 1. The summed E-state index contributed by atoms with van der Waals surface area (Å²) in [6.07, 6.45) is 6.85. The van der Waals surface area contributed by atoms with Gasteiger partial charge < -0.3 is 10.1 Å². The second kappa shape index (κ2) is 6.31. The maximum Gasteiger partial charge on any atom is 0.307 e. The normalized spacial score (nSPS) is 21.4. The summed E-state index contributed by atoms with van der Waals surface area (Å²) < 4.78 is 7.22. The molecule has 1 aromatic carbocycles. The molecule has 1 spiro atoms. The lowest BCUT2D eigenvalue weighted by atomic mass is 9.85. The molecule has 1 N–H and O–H groups in total. The van der Waals surface area contributed by atoms with Crippen LogP contribution in [0.2, 0.25) is 0 Å². The zero-order valence-corrected chi connectivity index (χ0v) is 13.9. The minimum Gasteiger partial charge on any atom is -0.458 e. The number of carbonyl (C=O) groups excluding carboxylic acids is 2. The smallest absolute Gasteiger partial charge is 0.307 e. The molecule has 7 nitrogen and oxygen atoms in total. The van der Waals surface area contributed by atoms with Gasteiger partial charge in [0.1, 0.15) is 18.3 Å². The Morgan fingerprint density at radius 3 is 2.88 bits per heavy atom. The number of hydrogen-bond acceptors (Lipinski definition) is 5. The zero-order valence-electron chi connectivity index (χ0n) is 13.9. The highest BCUT2D eigenvalue weighted by Crippen LogP contribution is 2.45. The van der Waals surface area contributed by atoms with Gasteiger partial charge in [0, 0.05) is 6.54 Å². The summed E-state index contributed by atoms with van der Waals surface area (Å²) in [5, 5.41) is 7.13. The molecule has 1 aromatic heterocycles. The summed E-state index contributed by atoms with van der Waals surface area (Å²) >= 11 is 0. The Balaban J connectivity index is 1.49. The molecule has 25 heavy (non-hydrogen) atoms. The first-order valence-electron chi connectivity index (χ1n) is 8.60.